The lowest BCUT2D eigenvalue weighted by atomic mass is 10.1. The highest BCUT2D eigenvalue weighted by atomic mass is 19.4. The molecule has 0 fully saturated rings. The normalized spacial score (nSPS) is 11.4. The number of nitrogens with two attached hydrogens (primary N) is 2. The molecule has 0 unspecified atom stereocenters. The molecule has 0 aliphatic rings. The molecule has 0 spiro atoms. The van der Waals surface area contributed by atoms with Gasteiger partial charge in [0.1, 0.15) is 17.5 Å². The lowest BCUT2D eigenvalue weighted by Gasteiger charge is -2.11. The minimum atomic E-state index is -4.60. The molecule has 2 aromatic rings. The average Bonchev–Trinajstić information content (AvgIpc) is 2.38. The molecule has 1 aromatic heterocycles. The summed E-state index contributed by atoms with van der Waals surface area (Å²) in [5.74, 6) is -0.513. The number of anilines is 3. The maximum atomic E-state index is 13.2. The van der Waals surface area contributed by atoms with Crippen molar-refractivity contribution in [3.8, 4) is 0 Å². The second kappa shape index (κ2) is 5.47. The molecule has 5 N–H and O–H groups in total. The quantitative estimate of drug-likeness (QED) is 0.762. The zero-order chi connectivity index (χ0) is 15.6. The van der Waals surface area contributed by atoms with Gasteiger partial charge >= 0.3 is 6.18 Å². The van der Waals surface area contributed by atoms with E-state index >= 15 is 0 Å². The number of hydrogen-bond acceptors (Lipinski definition) is 4. The zero-order valence-corrected chi connectivity index (χ0v) is 10.7. The number of aromatic nitrogens is 1. The highest BCUT2D eigenvalue weighted by Crippen LogP contribution is 2.30. The summed E-state index contributed by atoms with van der Waals surface area (Å²) in [5.41, 5.74) is 10.4. The van der Waals surface area contributed by atoms with Crippen LogP contribution in [0, 0.1) is 5.82 Å². The molecule has 21 heavy (non-hydrogen) atoms. The third kappa shape index (κ3) is 3.74. The van der Waals surface area contributed by atoms with Crippen LogP contribution in [0.5, 0.6) is 0 Å². The molecule has 0 aliphatic heterocycles. The van der Waals surface area contributed by atoms with E-state index in [-0.39, 0.29) is 17.9 Å². The van der Waals surface area contributed by atoms with Crippen LogP contribution in [0.1, 0.15) is 11.1 Å². The van der Waals surface area contributed by atoms with Crippen LogP contribution in [-0.4, -0.2) is 4.98 Å². The third-order valence-corrected chi connectivity index (χ3v) is 2.72. The fraction of sp³-hybridized carbons (Fsp3) is 0.154. The Kier molecular flexibility index (Phi) is 3.88. The van der Waals surface area contributed by atoms with Gasteiger partial charge in [-0.1, -0.05) is 0 Å². The van der Waals surface area contributed by atoms with Crippen molar-refractivity contribution in [2.45, 2.75) is 12.7 Å². The SMILES string of the molecule is Nc1ccc(NCc2cc(F)cc(C(F)(F)F)c2)nc1N. The number of alkyl halides is 3. The second-order valence-corrected chi connectivity index (χ2v) is 4.37. The van der Waals surface area contributed by atoms with Crippen molar-refractivity contribution in [1.29, 1.82) is 0 Å². The zero-order valence-electron chi connectivity index (χ0n) is 10.7. The van der Waals surface area contributed by atoms with Gasteiger partial charge < -0.3 is 16.8 Å². The number of halogens is 4. The van der Waals surface area contributed by atoms with Crippen LogP contribution >= 0.6 is 0 Å². The molecule has 0 aliphatic carbocycles. The van der Waals surface area contributed by atoms with Gasteiger partial charge in [-0.05, 0) is 35.9 Å². The number of benzene rings is 1. The first-order chi connectivity index (χ1) is 9.75. The number of rotatable bonds is 3. The van der Waals surface area contributed by atoms with Crippen molar-refractivity contribution < 1.29 is 17.6 Å². The number of nitrogen functional groups attached to an aromatic ring is 2. The van der Waals surface area contributed by atoms with Gasteiger partial charge in [0.2, 0.25) is 0 Å². The fourth-order valence-electron chi connectivity index (χ4n) is 1.69. The molecule has 0 radical (unpaired) electrons. The standard InChI is InChI=1S/C13H12F4N4/c14-9-4-7(3-8(5-9)13(15,16)17)6-20-11-2-1-10(18)12(19)21-11/h1-5H,6,18H2,(H3,19,20,21). The highest BCUT2D eigenvalue weighted by Gasteiger charge is 2.31. The Hall–Kier alpha value is -2.51. The highest BCUT2D eigenvalue weighted by molar-refractivity contribution is 5.61. The van der Waals surface area contributed by atoms with Crippen molar-refractivity contribution in [2.24, 2.45) is 0 Å². The second-order valence-electron chi connectivity index (χ2n) is 4.37. The Morgan fingerprint density at radius 2 is 1.81 bits per heavy atom. The summed E-state index contributed by atoms with van der Waals surface area (Å²) in [5, 5.41) is 2.75. The smallest absolute Gasteiger partial charge is 0.396 e. The molecule has 4 nitrogen and oxygen atoms in total. The van der Waals surface area contributed by atoms with E-state index in [1.807, 2.05) is 0 Å². The first-order valence-corrected chi connectivity index (χ1v) is 5.88. The number of nitrogens with one attached hydrogen (secondary N) is 1. The molecule has 112 valence electrons. The monoisotopic (exact) mass is 300 g/mol. The summed E-state index contributed by atoms with van der Waals surface area (Å²) >= 11 is 0. The maximum absolute atomic E-state index is 13.2. The Morgan fingerprint density at radius 3 is 2.43 bits per heavy atom. The van der Waals surface area contributed by atoms with E-state index in [2.05, 4.69) is 10.3 Å². The molecule has 2 rings (SSSR count). The van der Waals surface area contributed by atoms with Crippen molar-refractivity contribution >= 4 is 17.3 Å². The molecular weight excluding hydrogens is 288 g/mol. The van der Waals surface area contributed by atoms with Crippen LogP contribution < -0.4 is 16.8 Å². The third-order valence-electron chi connectivity index (χ3n) is 2.72. The van der Waals surface area contributed by atoms with E-state index in [1.54, 1.807) is 0 Å². The van der Waals surface area contributed by atoms with Gasteiger partial charge in [-0.25, -0.2) is 9.37 Å². The molecule has 0 saturated heterocycles. The predicted octanol–water partition coefficient (Wildman–Crippen LogP) is 3.02. The summed E-state index contributed by atoms with van der Waals surface area (Å²) in [7, 11) is 0. The summed E-state index contributed by atoms with van der Waals surface area (Å²) < 4.78 is 51.0. The van der Waals surface area contributed by atoms with Crippen molar-refractivity contribution in [1.82, 2.24) is 4.98 Å². The van der Waals surface area contributed by atoms with E-state index < -0.39 is 17.6 Å². The molecule has 0 saturated carbocycles. The molecule has 1 aromatic carbocycles. The van der Waals surface area contributed by atoms with Crippen LogP contribution in [0.4, 0.5) is 34.9 Å². The molecule has 0 atom stereocenters. The summed E-state index contributed by atoms with van der Waals surface area (Å²) in [6.45, 7) is -0.0306. The topological polar surface area (TPSA) is 77.0 Å². The van der Waals surface area contributed by atoms with Gasteiger partial charge in [-0.3, -0.25) is 0 Å². The minimum absolute atomic E-state index is 0.0306. The van der Waals surface area contributed by atoms with E-state index in [0.29, 0.717) is 17.6 Å². The Bertz CT molecular complexity index is 655. The van der Waals surface area contributed by atoms with Crippen LogP contribution in [0.2, 0.25) is 0 Å². The van der Waals surface area contributed by atoms with Crippen LogP contribution in [-0.2, 0) is 12.7 Å². The Labute approximate surface area is 117 Å². The summed E-state index contributed by atoms with van der Waals surface area (Å²) in [6, 6.07) is 5.37. The van der Waals surface area contributed by atoms with Gasteiger partial charge in [0.25, 0.3) is 0 Å². The van der Waals surface area contributed by atoms with E-state index in [1.165, 1.54) is 12.1 Å². The van der Waals surface area contributed by atoms with E-state index in [0.717, 1.165) is 12.1 Å². The number of pyridine rings is 1. The van der Waals surface area contributed by atoms with Gasteiger partial charge in [-0.15, -0.1) is 0 Å². The van der Waals surface area contributed by atoms with E-state index in [9.17, 15) is 17.6 Å². The van der Waals surface area contributed by atoms with Crippen LogP contribution in [0.25, 0.3) is 0 Å². The van der Waals surface area contributed by atoms with E-state index in [4.69, 9.17) is 11.5 Å². The van der Waals surface area contributed by atoms with Crippen LogP contribution in [0.3, 0.4) is 0 Å². The molecule has 8 heteroatoms. The van der Waals surface area contributed by atoms with Gasteiger partial charge in [0, 0.05) is 6.54 Å². The Morgan fingerprint density at radius 1 is 1.10 bits per heavy atom. The average molecular weight is 300 g/mol. The Balaban J connectivity index is 2.16. The molecule has 0 bridgehead atoms. The predicted molar refractivity (Wildman–Crippen MR) is 71.8 cm³/mol. The first-order valence-electron chi connectivity index (χ1n) is 5.88. The summed E-state index contributed by atoms with van der Waals surface area (Å²) in [6.07, 6.45) is -4.60. The van der Waals surface area contributed by atoms with Crippen LogP contribution in [0.15, 0.2) is 30.3 Å². The lowest BCUT2D eigenvalue weighted by molar-refractivity contribution is -0.137. The van der Waals surface area contributed by atoms with Gasteiger partial charge in [0.05, 0.1) is 11.3 Å². The molecular formula is C13H12F4N4. The van der Waals surface area contributed by atoms with Crippen molar-refractivity contribution in [3.63, 3.8) is 0 Å². The minimum Gasteiger partial charge on any atom is -0.396 e. The molecule has 0 amide bonds. The lowest BCUT2D eigenvalue weighted by Crippen LogP contribution is -2.09. The maximum Gasteiger partial charge on any atom is 0.416 e. The summed E-state index contributed by atoms with van der Waals surface area (Å²) in [4.78, 5) is 3.91. The number of nitrogens with zero attached hydrogens (tertiary/aromatic N) is 1. The number of hydrogen-bond donors (Lipinski definition) is 3. The molecule has 1 heterocycles. The first kappa shape index (κ1) is 14.9. The van der Waals surface area contributed by atoms with Crippen molar-refractivity contribution in [3.05, 3.63) is 47.3 Å². The van der Waals surface area contributed by atoms with Gasteiger partial charge in [-0.2, -0.15) is 13.2 Å². The fourth-order valence-corrected chi connectivity index (χ4v) is 1.69. The largest absolute Gasteiger partial charge is 0.416 e. The van der Waals surface area contributed by atoms with Crippen molar-refractivity contribution in [2.75, 3.05) is 16.8 Å². The van der Waals surface area contributed by atoms with Gasteiger partial charge in [0.15, 0.2) is 0 Å².